The predicted molar refractivity (Wildman–Crippen MR) is 70.1 cm³/mol. The SMILES string of the molecule is Cc1ccc(N(C)S(=O)(=O)c2cn[nH]c2)c(C)c1. The first-order chi connectivity index (χ1) is 8.43. The number of anilines is 1. The van der Waals surface area contributed by atoms with E-state index in [1.165, 1.54) is 16.7 Å². The van der Waals surface area contributed by atoms with Crippen LogP contribution in [0.1, 0.15) is 11.1 Å². The maximum Gasteiger partial charge on any atom is 0.267 e. The highest BCUT2D eigenvalue weighted by molar-refractivity contribution is 7.92. The van der Waals surface area contributed by atoms with Gasteiger partial charge in [0, 0.05) is 13.2 Å². The number of H-pyrrole nitrogens is 1. The van der Waals surface area contributed by atoms with E-state index in [-0.39, 0.29) is 4.90 Å². The molecule has 1 heterocycles. The summed E-state index contributed by atoms with van der Waals surface area (Å²) >= 11 is 0. The molecule has 0 saturated heterocycles. The summed E-state index contributed by atoms with van der Waals surface area (Å²) in [6.45, 7) is 3.87. The molecule has 5 nitrogen and oxygen atoms in total. The van der Waals surface area contributed by atoms with E-state index in [1.807, 2.05) is 32.0 Å². The van der Waals surface area contributed by atoms with E-state index in [9.17, 15) is 8.42 Å². The zero-order valence-corrected chi connectivity index (χ0v) is 11.3. The summed E-state index contributed by atoms with van der Waals surface area (Å²) in [5.74, 6) is 0. The van der Waals surface area contributed by atoms with Gasteiger partial charge in [-0.25, -0.2) is 8.42 Å². The smallest absolute Gasteiger partial charge is 0.267 e. The van der Waals surface area contributed by atoms with Gasteiger partial charge in [-0.3, -0.25) is 9.40 Å². The lowest BCUT2D eigenvalue weighted by Gasteiger charge is -2.20. The van der Waals surface area contributed by atoms with Crippen LogP contribution in [0.4, 0.5) is 5.69 Å². The van der Waals surface area contributed by atoms with Crippen LogP contribution in [-0.4, -0.2) is 25.7 Å². The summed E-state index contributed by atoms with van der Waals surface area (Å²) in [6.07, 6.45) is 2.67. The molecule has 0 saturated carbocycles. The number of aryl methyl sites for hydroxylation is 2. The molecule has 0 spiro atoms. The van der Waals surface area contributed by atoms with Crippen molar-refractivity contribution in [3.05, 3.63) is 41.7 Å². The molecular formula is C12H15N3O2S. The Morgan fingerprint density at radius 1 is 1.28 bits per heavy atom. The first-order valence-corrected chi connectivity index (χ1v) is 6.92. The molecule has 0 atom stereocenters. The van der Waals surface area contributed by atoms with Crippen LogP contribution in [0.5, 0.6) is 0 Å². The van der Waals surface area contributed by atoms with Gasteiger partial charge in [0.1, 0.15) is 4.90 Å². The summed E-state index contributed by atoms with van der Waals surface area (Å²) in [5, 5.41) is 6.18. The normalized spacial score (nSPS) is 11.5. The van der Waals surface area contributed by atoms with Crippen molar-refractivity contribution < 1.29 is 8.42 Å². The summed E-state index contributed by atoms with van der Waals surface area (Å²) in [7, 11) is -2.00. The van der Waals surface area contributed by atoms with Crippen molar-refractivity contribution in [2.45, 2.75) is 18.7 Å². The zero-order valence-electron chi connectivity index (χ0n) is 10.5. The first kappa shape index (κ1) is 12.6. The Hall–Kier alpha value is -1.82. The fourth-order valence-corrected chi connectivity index (χ4v) is 2.99. The van der Waals surface area contributed by atoms with Gasteiger partial charge in [0.05, 0.1) is 11.9 Å². The van der Waals surface area contributed by atoms with Crippen molar-refractivity contribution in [2.24, 2.45) is 0 Å². The minimum Gasteiger partial charge on any atom is -0.284 e. The summed E-state index contributed by atoms with van der Waals surface area (Å²) < 4.78 is 25.9. The van der Waals surface area contributed by atoms with E-state index in [1.54, 1.807) is 7.05 Å². The maximum atomic E-state index is 12.3. The second kappa shape index (κ2) is 4.45. The number of hydrogen-bond donors (Lipinski definition) is 1. The number of hydrogen-bond acceptors (Lipinski definition) is 3. The van der Waals surface area contributed by atoms with Gasteiger partial charge >= 0.3 is 0 Å². The van der Waals surface area contributed by atoms with Crippen molar-refractivity contribution in [1.29, 1.82) is 0 Å². The Kier molecular flexibility index (Phi) is 3.13. The molecule has 2 rings (SSSR count). The highest BCUT2D eigenvalue weighted by atomic mass is 32.2. The van der Waals surface area contributed by atoms with Crippen LogP contribution in [0.25, 0.3) is 0 Å². The van der Waals surface area contributed by atoms with Crippen molar-refractivity contribution in [2.75, 3.05) is 11.4 Å². The van der Waals surface area contributed by atoms with E-state index < -0.39 is 10.0 Å². The molecule has 0 aliphatic heterocycles. The molecule has 0 bridgehead atoms. The van der Waals surface area contributed by atoms with Crippen LogP contribution >= 0.6 is 0 Å². The van der Waals surface area contributed by atoms with Gasteiger partial charge in [-0.2, -0.15) is 5.10 Å². The molecule has 6 heteroatoms. The van der Waals surface area contributed by atoms with Gasteiger partial charge in [0.15, 0.2) is 0 Å². The third kappa shape index (κ3) is 2.11. The topological polar surface area (TPSA) is 66.1 Å². The van der Waals surface area contributed by atoms with Crippen LogP contribution in [0.3, 0.4) is 0 Å². The van der Waals surface area contributed by atoms with E-state index in [0.29, 0.717) is 5.69 Å². The number of aromatic nitrogens is 2. The minimum atomic E-state index is -3.54. The molecule has 96 valence electrons. The van der Waals surface area contributed by atoms with Gasteiger partial charge in [-0.05, 0) is 25.5 Å². The number of nitrogens with one attached hydrogen (secondary N) is 1. The van der Waals surface area contributed by atoms with Crippen molar-refractivity contribution in [3.8, 4) is 0 Å². The summed E-state index contributed by atoms with van der Waals surface area (Å²) in [6, 6.07) is 5.66. The molecule has 1 aromatic carbocycles. The molecule has 0 aliphatic rings. The molecule has 2 aromatic rings. The Morgan fingerprint density at radius 2 is 2.00 bits per heavy atom. The van der Waals surface area contributed by atoms with E-state index in [4.69, 9.17) is 0 Å². The Labute approximate surface area is 107 Å². The molecule has 0 radical (unpaired) electrons. The van der Waals surface area contributed by atoms with Crippen LogP contribution in [0.15, 0.2) is 35.5 Å². The number of benzene rings is 1. The lowest BCUT2D eigenvalue weighted by molar-refractivity contribution is 0.594. The Bertz CT molecular complexity index is 648. The van der Waals surface area contributed by atoms with Crippen molar-refractivity contribution in [1.82, 2.24) is 10.2 Å². The van der Waals surface area contributed by atoms with Crippen LogP contribution in [0, 0.1) is 13.8 Å². The number of sulfonamides is 1. The molecule has 0 aliphatic carbocycles. The fourth-order valence-electron chi connectivity index (χ4n) is 1.83. The van der Waals surface area contributed by atoms with E-state index in [2.05, 4.69) is 10.2 Å². The Morgan fingerprint density at radius 3 is 2.56 bits per heavy atom. The third-order valence-electron chi connectivity index (χ3n) is 2.82. The average molecular weight is 265 g/mol. The quantitative estimate of drug-likeness (QED) is 0.921. The average Bonchev–Trinajstić information content (AvgIpc) is 2.82. The van der Waals surface area contributed by atoms with Crippen LogP contribution in [0.2, 0.25) is 0 Å². The van der Waals surface area contributed by atoms with Gasteiger partial charge in [0.25, 0.3) is 10.0 Å². The van der Waals surface area contributed by atoms with Crippen molar-refractivity contribution in [3.63, 3.8) is 0 Å². The molecule has 1 N–H and O–H groups in total. The first-order valence-electron chi connectivity index (χ1n) is 5.48. The Balaban J connectivity index is 2.46. The number of aromatic amines is 1. The number of rotatable bonds is 3. The van der Waals surface area contributed by atoms with Gasteiger partial charge in [-0.1, -0.05) is 17.7 Å². The van der Waals surface area contributed by atoms with Crippen molar-refractivity contribution >= 4 is 15.7 Å². The third-order valence-corrected chi connectivity index (χ3v) is 4.56. The van der Waals surface area contributed by atoms with Gasteiger partial charge in [-0.15, -0.1) is 0 Å². The largest absolute Gasteiger partial charge is 0.284 e. The molecule has 0 amide bonds. The van der Waals surface area contributed by atoms with Gasteiger partial charge < -0.3 is 0 Å². The molecule has 0 unspecified atom stereocenters. The second-order valence-electron chi connectivity index (χ2n) is 4.20. The van der Waals surface area contributed by atoms with Crippen LogP contribution < -0.4 is 4.31 Å². The lowest BCUT2D eigenvalue weighted by atomic mass is 10.1. The predicted octanol–water partition coefficient (Wildman–Crippen LogP) is 1.85. The zero-order chi connectivity index (χ0) is 13.3. The minimum absolute atomic E-state index is 0.157. The summed E-state index contributed by atoms with van der Waals surface area (Å²) in [4.78, 5) is 0.157. The molecule has 18 heavy (non-hydrogen) atoms. The van der Waals surface area contributed by atoms with Gasteiger partial charge in [0.2, 0.25) is 0 Å². The monoisotopic (exact) mass is 265 g/mol. The maximum absolute atomic E-state index is 12.3. The lowest BCUT2D eigenvalue weighted by Crippen LogP contribution is -2.26. The standard InChI is InChI=1S/C12H15N3O2S/c1-9-4-5-12(10(2)6-9)15(3)18(16,17)11-7-13-14-8-11/h4-8H,1-3H3,(H,13,14). The highest BCUT2D eigenvalue weighted by Crippen LogP contribution is 2.25. The second-order valence-corrected chi connectivity index (χ2v) is 6.17. The summed E-state index contributed by atoms with van der Waals surface area (Å²) in [5.41, 5.74) is 2.69. The van der Waals surface area contributed by atoms with E-state index in [0.717, 1.165) is 11.1 Å². The number of nitrogens with zero attached hydrogens (tertiary/aromatic N) is 2. The highest BCUT2D eigenvalue weighted by Gasteiger charge is 2.23. The molecule has 1 aromatic heterocycles. The molecule has 0 fully saturated rings. The fraction of sp³-hybridized carbons (Fsp3) is 0.250. The van der Waals surface area contributed by atoms with E-state index >= 15 is 0 Å². The molecular weight excluding hydrogens is 250 g/mol. The van der Waals surface area contributed by atoms with Crippen LogP contribution in [-0.2, 0) is 10.0 Å².